The van der Waals surface area contributed by atoms with Crippen LogP contribution in [0.25, 0.3) is 10.2 Å². The Kier molecular flexibility index (Phi) is 4.71. The molecule has 6 nitrogen and oxygen atoms in total. The number of hydrogen-bond acceptors (Lipinski definition) is 4. The smallest absolute Gasteiger partial charge is 0.242 e. The van der Waals surface area contributed by atoms with Crippen molar-refractivity contribution < 1.29 is 9.59 Å². The normalized spacial score (nSPS) is 17.9. The molecule has 0 saturated carbocycles. The fourth-order valence-electron chi connectivity index (χ4n) is 3.28. The molecule has 3 heterocycles. The van der Waals surface area contributed by atoms with Crippen molar-refractivity contribution >= 4 is 33.4 Å². The van der Waals surface area contributed by atoms with Crippen LogP contribution in [0.1, 0.15) is 25.5 Å². The average Bonchev–Trinajstić information content (AvgIpc) is 3.01. The van der Waals surface area contributed by atoms with Gasteiger partial charge in [0.15, 0.2) is 5.43 Å². The van der Waals surface area contributed by atoms with Gasteiger partial charge in [-0.15, -0.1) is 11.3 Å². The lowest BCUT2D eigenvalue weighted by molar-refractivity contribution is -0.134. The monoisotopic (exact) mass is 347 g/mol. The van der Waals surface area contributed by atoms with Crippen LogP contribution < -0.4 is 10.7 Å². The van der Waals surface area contributed by atoms with Crippen LogP contribution in [-0.4, -0.2) is 40.4 Å². The molecule has 1 aliphatic heterocycles. The average molecular weight is 347 g/mol. The number of hydrogen-bond donors (Lipinski definition) is 1. The lowest BCUT2D eigenvalue weighted by atomic mass is 10.1. The second-order valence-electron chi connectivity index (χ2n) is 6.25. The van der Waals surface area contributed by atoms with Gasteiger partial charge in [0.25, 0.3) is 0 Å². The largest absolute Gasteiger partial charge is 0.352 e. The third-order valence-corrected chi connectivity index (χ3v) is 5.32. The van der Waals surface area contributed by atoms with E-state index < -0.39 is 0 Å². The highest BCUT2D eigenvalue weighted by Gasteiger charge is 2.24. The van der Waals surface area contributed by atoms with Gasteiger partial charge in [0.1, 0.15) is 6.54 Å². The summed E-state index contributed by atoms with van der Waals surface area (Å²) in [6, 6.07) is 3.50. The predicted molar refractivity (Wildman–Crippen MR) is 94.2 cm³/mol. The van der Waals surface area contributed by atoms with Gasteiger partial charge < -0.3 is 14.8 Å². The van der Waals surface area contributed by atoms with Crippen molar-refractivity contribution in [2.45, 2.75) is 39.3 Å². The fourth-order valence-corrected chi connectivity index (χ4v) is 4.08. The summed E-state index contributed by atoms with van der Waals surface area (Å²) in [6.07, 6.45) is 1.78. The Morgan fingerprint density at radius 3 is 2.96 bits per heavy atom. The van der Waals surface area contributed by atoms with Crippen molar-refractivity contribution in [1.82, 2.24) is 14.8 Å². The van der Waals surface area contributed by atoms with Crippen LogP contribution in [-0.2, 0) is 16.1 Å². The standard InChI is InChI=1S/C17H21N3O3S/c1-11-8-15(22)17-14(5-7-24-17)20(11)10-16(23)19-6-3-4-13(9-19)18-12(2)21/h5,7-8,13H,3-4,6,9-10H2,1-2H3,(H,18,21). The molecule has 128 valence electrons. The molecule has 7 heteroatoms. The first kappa shape index (κ1) is 16.7. The molecular weight excluding hydrogens is 326 g/mol. The molecular formula is C17H21N3O3S. The molecule has 1 fully saturated rings. The number of nitrogens with one attached hydrogen (secondary N) is 1. The second kappa shape index (κ2) is 6.76. The Bertz CT molecular complexity index is 839. The van der Waals surface area contributed by atoms with Gasteiger partial charge in [-0.25, -0.2) is 0 Å². The Morgan fingerprint density at radius 1 is 1.42 bits per heavy atom. The number of likely N-dealkylation sites (tertiary alicyclic amines) is 1. The van der Waals surface area contributed by atoms with E-state index in [1.807, 2.05) is 22.9 Å². The minimum absolute atomic E-state index is 0.00453. The number of piperidine rings is 1. The Labute approximate surface area is 144 Å². The molecule has 2 amide bonds. The van der Waals surface area contributed by atoms with Crippen LogP contribution in [0.5, 0.6) is 0 Å². The summed E-state index contributed by atoms with van der Waals surface area (Å²) in [5.74, 6) is -0.0464. The van der Waals surface area contributed by atoms with E-state index in [1.165, 1.54) is 18.3 Å². The van der Waals surface area contributed by atoms with E-state index in [9.17, 15) is 14.4 Å². The number of amides is 2. The number of aromatic nitrogens is 1. The van der Waals surface area contributed by atoms with Crippen molar-refractivity contribution in [1.29, 1.82) is 0 Å². The zero-order valence-corrected chi connectivity index (χ0v) is 14.7. The van der Waals surface area contributed by atoms with Crippen LogP contribution >= 0.6 is 11.3 Å². The number of pyridine rings is 1. The van der Waals surface area contributed by atoms with Crippen LogP contribution in [0.3, 0.4) is 0 Å². The van der Waals surface area contributed by atoms with Gasteiger partial charge in [-0.1, -0.05) is 0 Å². The van der Waals surface area contributed by atoms with E-state index in [0.29, 0.717) is 17.8 Å². The molecule has 0 bridgehead atoms. The molecule has 1 N–H and O–H groups in total. The molecule has 0 spiro atoms. The number of carbonyl (C=O) groups excluding carboxylic acids is 2. The van der Waals surface area contributed by atoms with Crippen molar-refractivity contribution in [3.05, 3.63) is 33.4 Å². The van der Waals surface area contributed by atoms with Gasteiger partial charge in [0.2, 0.25) is 11.8 Å². The number of carbonyl (C=O) groups is 2. The number of thiophene rings is 1. The minimum atomic E-state index is -0.0643. The summed E-state index contributed by atoms with van der Waals surface area (Å²) in [5.41, 5.74) is 1.60. The van der Waals surface area contributed by atoms with E-state index >= 15 is 0 Å². The van der Waals surface area contributed by atoms with Gasteiger partial charge in [-0.2, -0.15) is 0 Å². The van der Waals surface area contributed by atoms with Crippen LogP contribution in [0, 0.1) is 6.92 Å². The predicted octanol–water partition coefficient (Wildman–Crippen LogP) is 1.50. The van der Waals surface area contributed by atoms with Crippen LogP contribution in [0.4, 0.5) is 0 Å². The minimum Gasteiger partial charge on any atom is -0.352 e. The number of fused-ring (bicyclic) bond motifs is 1. The van der Waals surface area contributed by atoms with Gasteiger partial charge >= 0.3 is 0 Å². The molecule has 24 heavy (non-hydrogen) atoms. The van der Waals surface area contributed by atoms with E-state index in [0.717, 1.165) is 24.1 Å². The van der Waals surface area contributed by atoms with Crippen molar-refractivity contribution in [3.63, 3.8) is 0 Å². The summed E-state index contributed by atoms with van der Waals surface area (Å²) >= 11 is 1.40. The lowest BCUT2D eigenvalue weighted by Gasteiger charge is -2.33. The summed E-state index contributed by atoms with van der Waals surface area (Å²) < 4.78 is 2.58. The Morgan fingerprint density at radius 2 is 2.21 bits per heavy atom. The van der Waals surface area contributed by atoms with Crippen molar-refractivity contribution in [2.24, 2.45) is 0 Å². The summed E-state index contributed by atoms with van der Waals surface area (Å²) in [6.45, 7) is 4.82. The Balaban J connectivity index is 1.79. The maximum Gasteiger partial charge on any atom is 0.242 e. The molecule has 1 aliphatic rings. The van der Waals surface area contributed by atoms with Gasteiger partial charge in [0.05, 0.1) is 10.2 Å². The van der Waals surface area contributed by atoms with E-state index in [4.69, 9.17) is 0 Å². The maximum atomic E-state index is 12.7. The SMILES string of the molecule is CC(=O)NC1CCCN(C(=O)Cn2c(C)cc(=O)c3sccc32)C1. The zero-order chi connectivity index (χ0) is 17.3. The third-order valence-electron chi connectivity index (χ3n) is 4.40. The third kappa shape index (κ3) is 3.36. The molecule has 1 saturated heterocycles. The zero-order valence-electron chi connectivity index (χ0n) is 13.9. The van der Waals surface area contributed by atoms with E-state index in [2.05, 4.69) is 5.32 Å². The fraction of sp³-hybridized carbons (Fsp3) is 0.471. The molecule has 0 radical (unpaired) electrons. The van der Waals surface area contributed by atoms with Crippen molar-refractivity contribution in [3.8, 4) is 0 Å². The van der Waals surface area contributed by atoms with E-state index in [1.54, 1.807) is 11.0 Å². The highest BCUT2D eigenvalue weighted by molar-refractivity contribution is 7.17. The van der Waals surface area contributed by atoms with Crippen LogP contribution in [0.15, 0.2) is 22.3 Å². The van der Waals surface area contributed by atoms with Gasteiger partial charge in [-0.3, -0.25) is 14.4 Å². The molecule has 2 aromatic rings. The summed E-state index contributed by atoms with van der Waals surface area (Å²) in [4.78, 5) is 37.8. The van der Waals surface area contributed by atoms with Gasteiger partial charge in [-0.05, 0) is 31.2 Å². The Hall–Kier alpha value is -2.15. The first-order valence-corrected chi connectivity index (χ1v) is 8.96. The lowest BCUT2D eigenvalue weighted by Crippen LogP contribution is -2.50. The quantitative estimate of drug-likeness (QED) is 0.915. The molecule has 2 aromatic heterocycles. The number of rotatable bonds is 3. The second-order valence-corrected chi connectivity index (χ2v) is 7.17. The number of nitrogens with zero attached hydrogens (tertiary/aromatic N) is 2. The summed E-state index contributed by atoms with van der Waals surface area (Å²) in [5, 5.41) is 4.77. The topological polar surface area (TPSA) is 71.4 Å². The maximum absolute atomic E-state index is 12.7. The molecule has 3 rings (SSSR count). The van der Waals surface area contributed by atoms with E-state index in [-0.39, 0.29) is 29.8 Å². The molecule has 1 atom stereocenters. The van der Waals surface area contributed by atoms with Crippen molar-refractivity contribution in [2.75, 3.05) is 13.1 Å². The molecule has 1 unspecified atom stereocenters. The van der Waals surface area contributed by atoms with Gasteiger partial charge in [0, 0.05) is 37.8 Å². The first-order valence-electron chi connectivity index (χ1n) is 8.08. The summed E-state index contributed by atoms with van der Waals surface area (Å²) in [7, 11) is 0. The highest BCUT2D eigenvalue weighted by atomic mass is 32.1. The highest BCUT2D eigenvalue weighted by Crippen LogP contribution is 2.19. The molecule has 0 aromatic carbocycles. The number of aryl methyl sites for hydroxylation is 1. The first-order chi connectivity index (χ1) is 11.5. The molecule has 0 aliphatic carbocycles. The van der Waals surface area contributed by atoms with Crippen LogP contribution in [0.2, 0.25) is 0 Å².